The Bertz CT molecular complexity index is 1390. The second-order valence-electron chi connectivity index (χ2n) is 14.8. The highest BCUT2D eigenvalue weighted by atomic mass is 14.7. The van der Waals surface area contributed by atoms with Crippen LogP contribution in [-0.4, -0.2) is 0 Å². The van der Waals surface area contributed by atoms with Crippen LogP contribution in [0.2, 0.25) is 0 Å². The lowest BCUT2D eigenvalue weighted by Crippen LogP contribution is -2.58. The van der Waals surface area contributed by atoms with Crippen LogP contribution in [0.1, 0.15) is 123 Å². The predicted octanol–water partition coefficient (Wildman–Crippen LogP) is 11.3. The Labute approximate surface area is 234 Å². The molecule has 0 N–H and O–H groups in total. The fourth-order valence-electron chi connectivity index (χ4n) is 9.40. The maximum Gasteiger partial charge on any atom is 0.0196 e. The molecular weight excluding hydrogens is 456 g/mol. The van der Waals surface area contributed by atoms with Gasteiger partial charge in [0, 0.05) is 10.8 Å². The minimum Gasteiger partial charge on any atom is -0.0955 e. The highest BCUT2D eigenvalue weighted by molar-refractivity contribution is 5.90. The average Bonchev–Trinajstić information content (AvgIpc) is 2.78. The van der Waals surface area contributed by atoms with Gasteiger partial charge >= 0.3 is 0 Å². The van der Waals surface area contributed by atoms with Gasteiger partial charge in [0.15, 0.2) is 0 Å². The van der Waals surface area contributed by atoms with Gasteiger partial charge in [0.2, 0.25) is 0 Å². The fourth-order valence-corrected chi connectivity index (χ4v) is 9.40. The molecule has 3 aliphatic carbocycles. The topological polar surface area (TPSA) is 0 Å². The van der Waals surface area contributed by atoms with Crippen LogP contribution in [0.5, 0.6) is 0 Å². The minimum atomic E-state index is -0.165. The van der Waals surface area contributed by atoms with Gasteiger partial charge in [-0.2, -0.15) is 0 Å². The molecule has 0 spiro atoms. The van der Waals surface area contributed by atoms with E-state index in [0.29, 0.717) is 11.8 Å². The molecule has 1 aromatic carbocycles. The first-order valence-electron chi connectivity index (χ1n) is 14.5. The second-order valence-corrected chi connectivity index (χ2v) is 14.8. The van der Waals surface area contributed by atoms with E-state index in [9.17, 15) is 0 Å². The highest BCUT2D eigenvalue weighted by Gasteiger charge is 2.65. The van der Waals surface area contributed by atoms with E-state index in [1.807, 2.05) is 0 Å². The Morgan fingerprint density at radius 3 is 1.97 bits per heavy atom. The Morgan fingerprint density at radius 2 is 1.50 bits per heavy atom. The SMILES string of the molecule is C=C(C)C1=C(C)C[C@@]2(C)[C@H](C)[C@]3(C)C(=C(C)[C@@]2(C)C1=C)C(=C)c1c(C)c(C(C)(C)C)cc(C(=C)C)c1[C@H]3C. The van der Waals surface area contributed by atoms with Crippen molar-refractivity contribution in [1.29, 1.82) is 0 Å². The molecule has 0 fully saturated rings. The van der Waals surface area contributed by atoms with Crippen molar-refractivity contribution in [3.63, 3.8) is 0 Å². The van der Waals surface area contributed by atoms with E-state index in [2.05, 4.69) is 109 Å². The van der Waals surface area contributed by atoms with Gasteiger partial charge < -0.3 is 0 Å². The van der Waals surface area contributed by atoms with Crippen molar-refractivity contribution in [2.75, 3.05) is 0 Å². The molecule has 5 atom stereocenters. The summed E-state index contributed by atoms with van der Waals surface area (Å²) in [5.41, 5.74) is 17.2. The Morgan fingerprint density at radius 1 is 0.947 bits per heavy atom. The number of benzene rings is 1. The van der Waals surface area contributed by atoms with Crippen molar-refractivity contribution >= 4 is 11.1 Å². The van der Waals surface area contributed by atoms with Crippen LogP contribution in [0.15, 0.2) is 65.8 Å². The van der Waals surface area contributed by atoms with E-state index in [-0.39, 0.29) is 21.7 Å². The van der Waals surface area contributed by atoms with Crippen LogP contribution in [0.4, 0.5) is 0 Å². The first-order valence-corrected chi connectivity index (χ1v) is 14.5. The Kier molecular flexibility index (Phi) is 6.28. The molecule has 0 bridgehead atoms. The number of allylic oxidation sites excluding steroid dienone is 8. The summed E-state index contributed by atoms with van der Waals surface area (Å²) in [5.74, 6) is 0.751. The summed E-state index contributed by atoms with van der Waals surface area (Å²) >= 11 is 0. The van der Waals surface area contributed by atoms with E-state index in [0.717, 1.165) is 17.6 Å². The molecule has 0 radical (unpaired) electrons. The molecule has 4 rings (SSSR count). The van der Waals surface area contributed by atoms with Gasteiger partial charge in [-0.3, -0.25) is 0 Å². The van der Waals surface area contributed by atoms with E-state index in [1.165, 1.54) is 61.3 Å². The average molecular weight is 509 g/mol. The zero-order valence-electron chi connectivity index (χ0n) is 26.8. The van der Waals surface area contributed by atoms with E-state index in [1.54, 1.807) is 0 Å². The van der Waals surface area contributed by atoms with Gasteiger partial charge in [-0.1, -0.05) is 110 Å². The van der Waals surface area contributed by atoms with Gasteiger partial charge in [0.05, 0.1) is 0 Å². The van der Waals surface area contributed by atoms with Crippen molar-refractivity contribution in [3.8, 4) is 0 Å². The summed E-state index contributed by atoms with van der Waals surface area (Å²) in [4.78, 5) is 0. The van der Waals surface area contributed by atoms with Crippen LogP contribution < -0.4 is 0 Å². The Balaban J connectivity index is 2.17. The Hall–Kier alpha value is -2.34. The highest BCUT2D eigenvalue weighted by Crippen LogP contribution is 2.74. The maximum atomic E-state index is 4.93. The molecule has 0 saturated carbocycles. The lowest BCUT2D eigenvalue weighted by Gasteiger charge is -2.67. The van der Waals surface area contributed by atoms with Crippen molar-refractivity contribution in [2.45, 2.75) is 108 Å². The molecule has 0 aromatic heterocycles. The summed E-state index contributed by atoms with van der Waals surface area (Å²) in [6.45, 7) is 49.4. The van der Waals surface area contributed by atoms with Gasteiger partial charge in [-0.25, -0.2) is 0 Å². The van der Waals surface area contributed by atoms with Crippen molar-refractivity contribution in [1.82, 2.24) is 0 Å². The van der Waals surface area contributed by atoms with Crippen LogP contribution in [0.25, 0.3) is 11.1 Å². The zero-order valence-corrected chi connectivity index (χ0v) is 26.8. The number of hydrogen-bond acceptors (Lipinski definition) is 0. The number of hydrogen-bond donors (Lipinski definition) is 0. The molecule has 0 amide bonds. The molecule has 0 heteroatoms. The third-order valence-corrected chi connectivity index (χ3v) is 11.9. The molecule has 0 nitrogen and oxygen atoms in total. The fraction of sp³-hybridized carbons (Fsp3) is 0.526. The molecule has 3 aliphatic rings. The normalized spacial score (nSPS) is 33.2. The second kappa shape index (κ2) is 8.33. The molecule has 204 valence electrons. The van der Waals surface area contributed by atoms with Crippen molar-refractivity contribution in [3.05, 3.63) is 93.6 Å². The maximum absolute atomic E-state index is 4.93. The predicted molar refractivity (Wildman–Crippen MR) is 169 cm³/mol. The van der Waals surface area contributed by atoms with Gasteiger partial charge in [-0.05, 0) is 114 Å². The molecule has 1 aromatic rings. The van der Waals surface area contributed by atoms with Gasteiger partial charge in [-0.15, -0.1) is 0 Å². The summed E-state index contributed by atoms with van der Waals surface area (Å²) in [7, 11) is 0. The van der Waals surface area contributed by atoms with Crippen LogP contribution in [0.3, 0.4) is 0 Å². The van der Waals surface area contributed by atoms with Gasteiger partial charge in [0.25, 0.3) is 0 Å². The third kappa shape index (κ3) is 3.22. The van der Waals surface area contributed by atoms with Crippen molar-refractivity contribution < 1.29 is 0 Å². The van der Waals surface area contributed by atoms with Crippen LogP contribution in [-0.2, 0) is 5.41 Å². The summed E-state index contributed by atoms with van der Waals surface area (Å²) in [6.07, 6.45) is 1.06. The summed E-state index contributed by atoms with van der Waals surface area (Å²) in [5, 5.41) is 0. The van der Waals surface area contributed by atoms with Crippen molar-refractivity contribution in [2.24, 2.45) is 22.2 Å². The van der Waals surface area contributed by atoms with E-state index >= 15 is 0 Å². The first-order chi connectivity index (χ1) is 17.2. The summed E-state index contributed by atoms with van der Waals surface area (Å²) < 4.78 is 0. The number of fused-ring (bicyclic) bond motifs is 3. The van der Waals surface area contributed by atoms with E-state index in [4.69, 9.17) is 13.2 Å². The molecule has 0 saturated heterocycles. The zero-order chi connectivity index (χ0) is 29.1. The van der Waals surface area contributed by atoms with E-state index < -0.39 is 0 Å². The quantitative estimate of drug-likeness (QED) is 0.372. The smallest absolute Gasteiger partial charge is 0.0196 e. The lowest BCUT2D eigenvalue weighted by molar-refractivity contribution is -0.0261. The molecular formula is C38H52. The van der Waals surface area contributed by atoms with Gasteiger partial charge in [0.1, 0.15) is 0 Å². The molecule has 0 heterocycles. The van der Waals surface area contributed by atoms with Crippen LogP contribution in [0, 0.1) is 29.1 Å². The van der Waals surface area contributed by atoms with Crippen LogP contribution >= 0.6 is 0 Å². The largest absolute Gasteiger partial charge is 0.0955 e. The molecule has 0 unspecified atom stereocenters. The molecule has 0 aliphatic heterocycles. The summed E-state index contributed by atoms with van der Waals surface area (Å²) in [6, 6.07) is 2.44. The first kappa shape index (κ1) is 28.7. The standard InChI is InChI=1S/C38H52/c1-20(2)29-18-30(35(12,13)14)23(6)32-24(7)34-27(10)38(17)26(9)31(21(3)4)22(5)19-36(38,15)28(11)37(34,16)25(8)33(29)32/h18,25,28H,1,3,7,9,19H2,2,4-6,8,10-17H3/t25-,28+,36+,37-,38-/m1/s1. The third-order valence-electron chi connectivity index (χ3n) is 11.9. The lowest BCUT2D eigenvalue weighted by atomic mass is 9.36. The monoisotopic (exact) mass is 508 g/mol. The molecule has 38 heavy (non-hydrogen) atoms. The number of rotatable bonds is 2. The minimum absolute atomic E-state index is 0.0330.